The summed E-state index contributed by atoms with van der Waals surface area (Å²) >= 11 is 0. The first-order valence-electron chi connectivity index (χ1n) is 6.32. The van der Waals surface area contributed by atoms with E-state index in [9.17, 15) is 5.11 Å². The van der Waals surface area contributed by atoms with Crippen LogP contribution < -0.4 is 0 Å². The zero-order valence-corrected chi connectivity index (χ0v) is 10.1. The number of phenols is 1. The van der Waals surface area contributed by atoms with Gasteiger partial charge in [0.05, 0.1) is 12.7 Å². The van der Waals surface area contributed by atoms with Crippen LogP contribution in [0.2, 0.25) is 0 Å². The Kier molecular flexibility index (Phi) is 2.67. The second-order valence-electron chi connectivity index (χ2n) is 5.20. The molecule has 0 radical (unpaired) electrons. The summed E-state index contributed by atoms with van der Waals surface area (Å²) in [4.78, 5) is 0. The van der Waals surface area contributed by atoms with Crippen LogP contribution in [0.5, 0.6) is 5.75 Å². The number of ether oxygens (including phenoxy) is 1. The van der Waals surface area contributed by atoms with Gasteiger partial charge in [0.15, 0.2) is 0 Å². The second kappa shape index (κ2) is 4.19. The summed E-state index contributed by atoms with van der Waals surface area (Å²) in [6.45, 7) is 3.00. The summed E-state index contributed by atoms with van der Waals surface area (Å²) in [5.41, 5.74) is 2.35. The minimum absolute atomic E-state index is 0.0315. The van der Waals surface area contributed by atoms with Gasteiger partial charge in [-0.2, -0.15) is 0 Å². The molecule has 0 saturated carbocycles. The first-order valence-corrected chi connectivity index (χ1v) is 6.32. The molecule has 3 rings (SSSR count). The van der Waals surface area contributed by atoms with Gasteiger partial charge in [0, 0.05) is 11.5 Å². The molecule has 1 saturated heterocycles. The van der Waals surface area contributed by atoms with E-state index in [1.807, 2.05) is 18.2 Å². The summed E-state index contributed by atoms with van der Waals surface area (Å²) in [5, 5.41) is 9.95. The first kappa shape index (κ1) is 10.8. The summed E-state index contributed by atoms with van der Waals surface area (Å²) < 4.78 is 5.98. The Bertz CT molecular complexity index is 450. The fourth-order valence-electron chi connectivity index (χ4n) is 3.03. The van der Waals surface area contributed by atoms with Crippen LogP contribution in [0.1, 0.15) is 31.4 Å². The summed E-state index contributed by atoms with van der Waals surface area (Å²) in [6.07, 6.45) is 4.72. The fraction of sp³-hybridized carbons (Fsp3) is 0.467. The Morgan fingerprint density at radius 2 is 2.12 bits per heavy atom. The van der Waals surface area contributed by atoms with Crippen LogP contribution in [-0.4, -0.2) is 11.7 Å². The summed E-state index contributed by atoms with van der Waals surface area (Å²) in [6, 6.07) is 7.54. The van der Waals surface area contributed by atoms with Gasteiger partial charge in [0.1, 0.15) is 5.75 Å². The molecule has 3 atom stereocenters. The topological polar surface area (TPSA) is 29.5 Å². The van der Waals surface area contributed by atoms with Crippen LogP contribution in [-0.2, 0) is 4.74 Å². The number of hydrogen-bond donors (Lipinski definition) is 1. The minimum Gasteiger partial charge on any atom is -0.508 e. The zero-order chi connectivity index (χ0) is 11.8. The van der Waals surface area contributed by atoms with Gasteiger partial charge in [-0.05, 0) is 31.7 Å². The van der Waals surface area contributed by atoms with Gasteiger partial charge < -0.3 is 9.84 Å². The van der Waals surface area contributed by atoms with E-state index in [0.717, 1.165) is 18.6 Å². The predicted molar refractivity (Wildman–Crippen MR) is 66.8 cm³/mol. The highest BCUT2D eigenvalue weighted by Crippen LogP contribution is 2.45. The normalized spacial score (nSPS) is 32.1. The van der Waals surface area contributed by atoms with Crippen molar-refractivity contribution in [3.05, 3.63) is 41.5 Å². The van der Waals surface area contributed by atoms with E-state index in [2.05, 4.69) is 13.0 Å². The molecule has 2 bridgehead atoms. The van der Waals surface area contributed by atoms with Gasteiger partial charge in [0.2, 0.25) is 0 Å². The molecule has 0 aromatic heterocycles. The van der Waals surface area contributed by atoms with Crippen LogP contribution in [0, 0.1) is 11.8 Å². The maximum absolute atomic E-state index is 9.95. The summed E-state index contributed by atoms with van der Waals surface area (Å²) in [5.74, 6) is 1.47. The number of phenolic OH excluding ortho intramolecular Hbond substituents is 1. The molecule has 2 heteroatoms. The van der Waals surface area contributed by atoms with Crippen molar-refractivity contribution in [2.75, 3.05) is 6.61 Å². The van der Waals surface area contributed by atoms with E-state index in [-0.39, 0.29) is 6.10 Å². The first-order chi connectivity index (χ1) is 8.25. The van der Waals surface area contributed by atoms with Crippen LogP contribution >= 0.6 is 0 Å². The molecule has 1 heterocycles. The van der Waals surface area contributed by atoms with E-state index in [4.69, 9.17) is 4.74 Å². The van der Waals surface area contributed by atoms with Crippen molar-refractivity contribution in [1.82, 2.24) is 0 Å². The number of fused-ring (bicyclic) bond motifs is 2. The average Bonchev–Trinajstić information content (AvgIpc) is 2.36. The third kappa shape index (κ3) is 1.87. The van der Waals surface area contributed by atoms with Crippen molar-refractivity contribution < 1.29 is 9.84 Å². The molecule has 2 nitrogen and oxygen atoms in total. The van der Waals surface area contributed by atoms with Gasteiger partial charge in [-0.15, -0.1) is 0 Å². The lowest BCUT2D eigenvalue weighted by Crippen LogP contribution is -2.32. The van der Waals surface area contributed by atoms with Gasteiger partial charge in [-0.25, -0.2) is 0 Å². The van der Waals surface area contributed by atoms with E-state index in [1.54, 1.807) is 6.07 Å². The standard InChI is InChI=1S/C15H18O2/c1-10-6-7-11-8-13(10)15(17-9-11)12-4-2-3-5-14(12)16/h2-6,11,13,15-16H,7-9H2,1H3/t11-,13+,15+/m1/s1. The van der Waals surface area contributed by atoms with Crippen molar-refractivity contribution in [3.63, 3.8) is 0 Å². The van der Waals surface area contributed by atoms with E-state index < -0.39 is 0 Å². The third-order valence-electron chi connectivity index (χ3n) is 4.07. The second-order valence-corrected chi connectivity index (χ2v) is 5.20. The van der Waals surface area contributed by atoms with Crippen molar-refractivity contribution in [1.29, 1.82) is 0 Å². The predicted octanol–water partition coefficient (Wildman–Crippen LogP) is 3.44. The van der Waals surface area contributed by atoms with Crippen LogP contribution in [0.3, 0.4) is 0 Å². The molecule has 1 aromatic rings. The molecule has 1 fully saturated rings. The quantitative estimate of drug-likeness (QED) is 0.749. The van der Waals surface area contributed by atoms with Gasteiger partial charge >= 0.3 is 0 Å². The lowest BCUT2D eigenvalue weighted by Gasteiger charge is -2.40. The van der Waals surface area contributed by atoms with Crippen LogP contribution in [0.25, 0.3) is 0 Å². The highest BCUT2D eigenvalue weighted by molar-refractivity contribution is 5.36. The van der Waals surface area contributed by atoms with Crippen molar-refractivity contribution in [2.45, 2.75) is 25.9 Å². The molecular formula is C15H18O2. The van der Waals surface area contributed by atoms with Gasteiger partial charge in [0.25, 0.3) is 0 Å². The number of aromatic hydroxyl groups is 1. The SMILES string of the molecule is CC1=CC[C@H]2CO[C@@H](c3ccccc3O)[C@H]1C2. The molecule has 1 N–H and O–H groups in total. The number of para-hydroxylation sites is 1. The fourth-order valence-corrected chi connectivity index (χ4v) is 3.03. The average molecular weight is 230 g/mol. The van der Waals surface area contributed by atoms with Gasteiger partial charge in [-0.3, -0.25) is 0 Å². The van der Waals surface area contributed by atoms with Crippen molar-refractivity contribution in [2.24, 2.45) is 11.8 Å². The zero-order valence-electron chi connectivity index (χ0n) is 10.1. The molecule has 0 amide bonds. The minimum atomic E-state index is 0.0315. The highest BCUT2D eigenvalue weighted by atomic mass is 16.5. The monoisotopic (exact) mass is 230 g/mol. The Morgan fingerprint density at radius 3 is 2.94 bits per heavy atom. The van der Waals surface area contributed by atoms with E-state index >= 15 is 0 Å². The highest BCUT2D eigenvalue weighted by Gasteiger charge is 2.36. The number of hydrogen-bond acceptors (Lipinski definition) is 2. The molecule has 17 heavy (non-hydrogen) atoms. The molecule has 2 aliphatic rings. The van der Waals surface area contributed by atoms with E-state index in [1.165, 1.54) is 12.0 Å². The summed E-state index contributed by atoms with van der Waals surface area (Å²) in [7, 11) is 0. The maximum atomic E-state index is 9.95. The smallest absolute Gasteiger partial charge is 0.121 e. The number of benzene rings is 1. The van der Waals surface area contributed by atoms with E-state index in [0.29, 0.717) is 17.6 Å². The Hall–Kier alpha value is -1.28. The largest absolute Gasteiger partial charge is 0.508 e. The number of allylic oxidation sites excluding steroid dienone is 1. The molecule has 90 valence electrons. The van der Waals surface area contributed by atoms with Crippen molar-refractivity contribution >= 4 is 0 Å². The molecule has 0 spiro atoms. The Morgan fingerprint density at radius 1 is 1.29 bits per heavy atom. The van der Waals surface area contributed by atoms with Crippen molar-refractivity contribution in [3.8, 4) is 5.75 Å². The maximum Gasteiger partial charge on any atom is 0.121 e. The Labute approximate surface area is 102 Å². The number of rotatable bonds is 1. The van der Waals surface area contributed by atoms with Crippen LogP contribution in [0.15, 0.2) is 35.9 Å². The third-order valence-corrected chi connectivity index (χ3v) is 4.07. The Balaban J connectivity index is 1.96. The molecular weight excluding hydrogens is 212 g/mol. The molecule has 0 unspecified atom stereocenters. The molecule has 1 aromatic carbocycles. The molecule has 1 aliphatic heterocycles. The molecule has 1 aliphatic carbocycles. The van der Waals surface area contributed by atoms with Crippen LogP contribution in [0.4, 0.5) is 0 Å². The van der Waals surface area contributed by atoms with Gasteiger partial charge in [-0.1, -0.05) is 29.8 Å². The lowest BCUT2D eigenvalue weighted by atomic mass is 9.75. The lowest BCUT2D eigenvalue weighted by molar-refractivity contribution is -0.0521.